The maximum atomic E-state index is 12.2. The molecule has 1 heterocycles. The van der Waals surface area contributed by atoms with E-state index < -0.39 is 14.6 Å². The Hall–Kier alpha value is -0.820. The highest BCUT2D eigenvalue weighted by Gasteiger charge is 2.41. The molecule has 0 amide bonds. The molecule has 2 aliphatic rings. The van der Waals surface area contributed by atoms with Gasteiger partial charge in [0.2, 0.25) is 0 Å². The lowest BCUT2D eigenvalue weighted by molar-refractivity contribution is 0.252. The Morgan fingerprint density at radius 3 is 2.61 bits per heavy atom. The highest BCUT2D eigenvalue weighted by atomic mass is 32.2. The quantitative estimate of drug-likeness (QED) is 0.594. The Labute approximate surface area is 141 Å². The molecule has 2 fully saturated rings. The zero-order valence-electron chi connectivity index (χ0n) is 15.2. The van der Waals surface area contributed by atoms with Gasteiger partial charge in [0.1, 0.15) is 0 Å². The van der Waals surface area contributed by atoms with Crippen LogP contribution in [-0.2, 0) is 9.84 Å². The van der Waals surface area contributed by atoms with Crippen LogP contribution in [0.25, 0.3) is 0 Å². The number of nitrogens with zero attached hydrogens (tertiary/aromatic N) is 3. The Morgan fingerprint density at radius 2 is 2.09 bits per heavy atom. The number of likely N-dealkylation sites (N-methyl/N-ethyl adjacent to an activating group) is 1. The second-order valence-electron chi connectivity index (χ2n) is 7.44. The van der Waals surface area contributed by atoms with Crippen molar-refractivity contribution in [2.24, 2.45) is 4.99 Å². The monoisotopic (exact) mass is 344 g/mol. The third kappa shape index (κ3) is 4.38. The van der Waals surface area contributed by atoms with Gasteiger partial charge in [0.05, 0.1) is 17.0 Å². The summed E-state index contributed by atoms with van der Waals surface area (Å²) in [6.45, 7) is 10.4. The summed E-state index contributed by atoms with van der Waals surface area (Å²) in [5.41, 5.74) is 0. The van der Waals surface area contributed by atoms with Gasteiger partial charge in [0, 0.05) is 31.7 Å². The minimum absolute atomic E-state index is 0.196. The van der Waals surface area contributed by atoms with E-state index in [0.29, 0.717) is 19.1 Å². The third-order valence-corrected chi connectivity index (χ3v) is 7.53. The number of hydrogen-bond donors (Lipinski definition) is 1. The first-order valence-corrected chi connectivity index (χ1v) is 10.3. The van der Waals surface area contributed by atoms with Gasteiger partial charge in [-0.15, -0.1) is 0 Å². The van der Waals surface area contributed by atoms with E-state index >= 15 is 0 Å². The summed E-state index contributed by atoms with van der Waals surface area (Å²) in [6, 6.07) is 1.12. The van der Waals surface area contributed by atoms with Gasteiger partial charge in [-0.1, -0.05) is 0 Å². The summed E-state index contributed by atoms with van der Waals surface area (Å²) in [5, 5.41) is 3.32. The number of aliphatic imine (C=N–C) groups is 1. The van der Waals surface area contributed by atoms with Crippen molar-refractivity contribution in [2.45, 2.75) is 57.4 Å². The van der Waals surface area contributed by atoms with E-state index in [2.05, 4.69) is 29.1 Å². The molecule has 1 saturated heterocycles. The zero-order valence-corrected chi connectivity index (χ0v) is 16.0. The van der Waals surface area contributed by atoms with Crippen LogP contribution in [0.1, 0.15) is 40.5 Å². The van der Waals surface area contributed by atoms with Crippen molar-refractivity contribution in [1.29, 1.82) is 0 Å². The molecule has 23 heavy (non-hydrogen) atoms. The van der Waals surface area contributed by atoms with Crippen molar-refractivity contribution in [3.05, 3.63) is 0 Å². The predicted molar refractivity (Wildman–Crippen MR) is 95.7 cm³/mol. The fraction of sp³-hybridized carbons (Fsp3) is 0.938. The van der Waals surface area contributed by atoms with E-state index in [0.717, 1.165) is 25.1 Å². The molecule has 1 aliphatic carbocycles. The smallest absolute Gasteiger partial charge is 0.194 e. The molecule has 134 valence electrons. The zero-order chi connectivity index (χ0) is 17.3. The van der Waals surface area contributed by atoms with E-state index in [1.807, 2.05) is 20.8 Å². The van der Waals surface area contributed by atoms with Gasteiger partial charge in [-0.25, -0.2) is 8.42 Å². The van der Waals surface area contributed by atoms with E-state index in [-0.39, 0.29) is 5.75 Å². The summed E-state index contributed by atoms with van der Waals surface area (Å²) in [5.74, 6) is 1.04. The molecule has 1 unspecified atom stereocenters. The first-order valence-electron chi connectivity index (χ1n) is 8.65. The van der Waals surface area contributed by atoms with E-state index in [1.165, 1.54) is 12.8 Å². The van der Waals surface area contributed by atoms with Crippen LogP contribution in [-0.4, -0.2) is 80.0 Å². The number of hydrogen-bond acceptors (Lipinski definition) is 4. The van der Waals surface area contributed by atoms with Gasteiger partial charge in [0.15, 0.2) is 15.8 Å². The molecule has 0 bridgehead atoms. The summed E-state index contributed by atoms with van der Waals surface area (Å²) in [7, 11) is -0.855. The number of nitrogens with one attached hydrogen (secondary N) is 1. The lowest BCUT2D eigenvalue weighted by Crippen LogP contribution is -2.57. The van der Waals surface area contributed by atoms with Crippen molar-refractivity contribution in [3.8, 4) is 0 Å². The van der Waals surface area contributed by atoms with Crippen LogP contribution >= 0.6 is 0 Å². The van der Waals surface area contributed by atoms with Crippen LogP contribution < -0.4 is 5.32 Å². The first-order chi connectivity index (χ1) is 10.7. The molecule has 0 aromatic rings. The Balaban J connectivity index is 2.04. The Bertz CT molecular complexity index is 540. The molecule has 7 heteroatoms. The maximum absolute atomic E-state index is 12.2. The van der Waals surface area contributed by atoms with Crippen molar-refractivity contribution < 1.29 is 8.42 Å². The minimum atomic E-state index is -3.02. The van der Waals surface area contributed by atoms with Crippen LogP contribution in [0.2, 0.25) is 0 Å². The normalized spacial score (nSPS) is 25.5. The standard InChI is InChI=1S/C16H32N4O2S/c1-6-17-15(18-11-13(2)19(5)14-7-8-14)20-9-10-23(21,22)16(3,4)12-20/h13-14H,6-12H2,1-5H3,(H,17,18). The van der Waals surface area contributed by atoms with Crippen LogP contribution in [0.4, 0.5) is 0 Å². The van der Waals surface area contributed by atoms with Gasteiger partial charge in [0.25, 0.3) is 0 Å². The molecule has 0 aromatic heterocycles. The number of guanidine groups is 1. The Kier molecular flexibility index (Phi) is 5.61. The molecule has 0 spiro atoms. The van der Waals surface area contributed by atoms with Crippen LogP contribution in [0, 0.1) is 0 Å². The van der Waals surface area contributed by atoms with E-state index in [1.54, 1.807) is 0 Å². The van der Waals surface area contributed by atoms with Crippen molar-refractivity contribution in [2.75, 3.05) is 39.0 Å². The van der Waals surface area contributed by atoms with Gasteiger partial charge in [-0.05, 0) is 47.6 Å². The summed E-state index contributed by atoms with van der Waals surface area (Å²) < 4.78 is 23.6. The highest BCUT2D eigenvalue weighted by Crippen LogP contribution is 2.27. The summed E-state index contributed by atoms with van der Waals surface area (Å²) in [6.07, 6.45) is 2.59. The van der Waals surface area contributed by atoms with Crippen molar-refractivity contribution in [1.82, 2.24) is 15.1 Å². The molecule has 0 radical (unpaired) electrons. The fourth-order valence-electron chi connectivity index (χ4n) is 2.94. The first kappa shape index (κ1) is 18.5. The topological polar surface area (TPSA) is 65.0 Å². The lowest BCUT2D eigenvalue weighted by atomic mass is 10.2. The van der Waals surface area contributed by atoms with Crippen LogP contribution in [0.5, 0.6) is 0 Å². The van der Waals surface area contributed by atoms with Gasteiger partial charge in [-0.2, -0.15) is 0 Å². The molecular formula is C16H32N4O2S. The van der Waals surface area contributed by atoms with Gasteiger partial charge in [-0.3, -0.25) is 9.89 Å². The van der Waals surface area contributed by atoms with Crippen molar-refractivity contribution >= 4 is 15.8 Å². The van der Waals surface area contributed by atoms with Crippen LogP contribution in [0.3, 0.4) is 0 Å². The van der Waals surface area contributed by atoms with Crippen molar-refractivity contribution in [3.63, 3.8) is 0 Å². The average molecular weight is 345 g/mol. The predicted octanol–water partition coefficient (Wildman–Crippen LogP) is 0.944. The summed E-state index contributed by atoms with van der Waals surface area (Å²) >= 11 is 0. The molecule has 1 N–H and O–H groups in total. The SMILES string of the molecule is CCNC(=NCC(C)N(C)C1CC1)N1CCS(=O)(=O)C(C)(C)C1. The number of rotatable bonds is 5. The second-order valence-corrected chi connectivity index (χ2v) is 10.2. The molecule has 1 atom stereocenters. The largest absolute Gasteiger partial charge is 0.357 e. The Morgan fingerprint density at radius 1 is 1.43 bits per heavy atom. The lowest BCUT2D eigenvalue weighted by Gasteiger charge is -2.39. The second kappa shape index (κ2) is 6.97. The fourth-order valence-corrected chi connectivity index (χ4v) is 4.31. The molecule has 1 aliphatic heterocycles. The van der Waals surface area contributed by atoms with E-state index in [4.69, 9.17) is 4.99 Å². The molecular weight excluding hydrogens is 312 g/mol. The summed E-state index contributed by atoms with van der Waals surface area (Å²) in [4.78, 5) is 9.27. The molecule has 6 nitrogen and oxygen atoms in total. The average Bonchev–Trinajstić information content (AvgIpc) is 3.30. The molecule has 1 saturated carbocycles. The van der Waals surface area contributed by atoms with Gasteiger partial charge >= 0.3 is 0 Å². The van der Waals surface area contributed by atoms with Gasteiger partial charge < -0.3 is 10.2 Å². The maximum Gasteiger partial charge on any atom is 0.194 e. The highest BCUT2D eigenvalue weighted by molar-refractivity contribution is 7.92. The minimum Gasteiger partial charge on any atom is -0.357 e. The number of sulfone groups is 1. The molecule has 0 aromatic carbocycles. The molecule has 2 rings (SSSR count). The van der Waals surface area contributed by atoms with Crippen LogP contribution in [0.15, 0.2) is 4.99 Å². The third-order valence-electron chi connectivity index (χ3n) is 5.00. The van der Waals surface area contributed by atoms with E-state index in [9.17, 15) is 8.42 Å².